The number of rotatable bonds is 4. The number of fused-ring (bicyclic) bond motifs is 3. The molecular weight excluding hydrogens is 448 g/mol. The number of benzene rings is 3. The Balaban J connectivity index is 1.36. The SMILES string of the molecule is COc1ccc(C2c3[nH]c4ccc(Cl)cc4c3CCN2C(=O)Oc2ccc(C3CC3)cc2)cc1. The molecule has 1 aliphatic heterocycles. The van der Waals surface area contributed by atoms with Crippen molar-refractivity contribution in [2.75, 3.05) is 13.7 Å². The minimum absolute atomic E-state index is 0.306. The summed E-state index contributed by atoms with van der Waals surface area (Å²) in [5, 5.41) is 1.80. The van der Waals surface area contributed by atoms with E-state index in [1.54, 1.807) is 12.0 Å². The summed E-state index contributed by atoms with van der Waals surface area (Å²) in [4.78, 5) is 18.8. The van der Waals surface area contributed by atoms with E-state index in [0.29, 0.717) is 23.2 Å². The number of halogens is 1. The molecule has 4 aromatic rings. The van der Waals surface area contributed by atoms with E-state index >= 15 is 0 Å². The minimum Gasteiger partial charge on any atom is -0.497 e. The molecule has 172 valence electrons. The number of nitrogens with one attached hydrogen (secondary N) is 1. The number of carbonyl (C=O) groups is 1. The Morgan fingerprint density at radius 2 is 1.68 bits per heavy atom. The quantitative estimate of drug-likeness (QED) is 0.353. The van der Waals surface area contributed by atoms with Gasteiger partial charge in [-0.25, -0.2) is 4.79 Å². The van der Waals surface area contributed by atoms with Gasteiger partial charge in [-0.2, -0.15) is 0 Å². The van der Waals surface area contributed by atoms with Crippen molar-refractivity contribution in [3.63, 3.8) is 0 Å². The average molecular weight is 473 g/mol. The molecule has 2 aliphatic rings. The zero-order valence-electron chi connectivity index (χ0n) is 18.9. The number of amides is 1. The Morgan fingerprint density at radius 1 is 0.971 bits per heavy atom. The van der Waals surface area contributed by atoms with Gasteiger partial charge in [0.25, 0.3) is 0 Å². The summed E-state index contributed by atoms with van der Waals surface area (Å²) in [5.41, 5.74) is 5.50. The van der Waals surface area contributed by atoms with Gasteiger partial charge in [0.15, 0.2) is 0 Å². The predicted octanol–water partition coefficient (Wildman–Crippen LogP) is 6.85. The van der Waals surface area contributed by atoms with E-state index < -0.39 is 0 Å². The Morgan fingerprint density at radius 3 is 2.38 bits per heavy atom. The molecule has 0 bridgehead atoms. The van der Waals surface area contributed by atoms with Crippen LogP contribution in [0.2, 0.25) is 5.02 Å². The topological polar surface area (TPSA) is 54.6 Å². The summed E-state index contributed by atoms with van der Waals surface area (Å²) >= 11 is 6.30. The highest BCUT2D eigenvalue weighted by Crippen LogP contribution is 2.41. The summed E-state index contributed by atoms with van der Waals surface area (Å²) in [6.07, 6.45) is 2.85. The number of ether oxygens (including phenoxy) is 2. The molecule has 1 unspecified atom stereocenters. The second-order valence-electron chi connectivity index (χ2n) is 9.04. The van der Waals surface area contributed by atoms with Crippen molar-refractivity contribution in [3.8, 4) is 11.5 Å². The van der Waals surface area contributed by atoms with Gasteiger partial charge in [0.2, 0.25) is 0 Å². The maximum absolute atomic E-state index is 13.4. The predicted molar refractivity (Wildman–Crippen MR) is 133 cm³/mol. The number of nitrogens with zero attached hydrogens (tertiary/aromatic N) is 1. The Hall–Kier alpha value is -3.44. The molecule has 0 spiro atoms. The highest BCUT2D eigenvalue weighted by molar-refractivity contribution is 6.31. The average Bonchev–Trinajstić information content (AvgIpc) is 3.65. The molecule has 5 nitrogen and oxygen atoms in total. The second kappa shape index (κ2) is 8.41. The van der Waals surface area contributed by atoms with Gasteiger partial charge in [0.1, 0.15) is 17.5 Å². The molecule has 6 rings (SSSR count). The molecule has 1 amide bonds. The number of hydrogen-bond acceptors (Lipinski definition) is 3. The second-order valence-corrected chi connectivity index (χ2v) is 9.47. The third-order valence-corrected chi connectivity index (χ3v) is 7.12. The zero-order chi connectivity index (χ0) is 23.2. The molecule has 1 N–H and O–H groups in total. The van der Waals surface area contributed by atoms with E-state index in [4.69, 9.17) is 21.1 Å². The fourth-order valence-electron chi connectivity index (χ4n) is 4.97. The molecule has 0 radical (unpaired) electrons. The third-order valence-electron chi connectivity index (χ3n) is 6.89. The van der Waals surface area contributed by atoms with Gasteiger partial charge in [-0.3, -0.25) is 4.90 Å². The Bertz CT molecular complexity index is 1360. The van der Waals surface area contributed by atoms with Crippen molar-refractivity contribution < 1.29 is 14.3 Å². The summed E-state index contributed by atoms with van der Waals surface area (Å²) in [7, 11) is 1.65. The van der Waals surface area contributed by atoms with Crippen LogP contribution in [0.15, 0.2) is 66.7 Å². The Labute approximate surface area is 203 Å². The molecule has 1 aromatic heterocycles. The number of aromatic nitrogens is 1. The van der Waals surface area contributed by atoms with Crippen molar-refractivity contribution in [3.05, 3.63) is 94.1 Å². The van der Waals surface area contributed by atoms with Crippen LogP contribution in [0.3, 0.4) is 0 Å². The van der Waals surface area contributed by atoms with E-state index in [2.05, 4.69) is 17.1 Å². The first kappa shape index (κ1) is 21.1. The van der Waals surface area contributed by atoms with Crippen molar-refractivity contribution in [2.24, 2.45) is 0 Å². The summed E-state index contributed by atoms with van der Waals surface area (Å²) in [6.45, 7) is 0.544. The zero-order valence-corrected chi connectivity index (χ0v) is 19.6. The summed E-state index contributed by atoms with van der Waals surface area (Å²) < 4.78 is 11.2. The van der Waals surface area contributed by atoms with Crippen LogP contribution in [-0.2, 0) is 6.42 Å². The molecule has 2 heterocycles. The van der Waals surface area contributed by atoms with E-state index in [-0.39, 0.29) is 12.1 Å². The summed E-state index contributed by atoms with van der Waals surface area (Å²) in [5.74, 6) is 2.01. The molecule has 1 atom stereocenters. The first-order chi connectivity index (χ1) is 16.6. The van der Waals surface area contributed by atoms with E-state index in [0.717, 1.165) is 34.3 Å². The molecule has 1 fully saturated rings. The molecule has 1 saturated carbocycles. The van der Waals surface area contributed by atoms with Crippen molar-refractivity contribution in [2.45, 2.75) is 31.2 Å². The van der Waals surface area contributed by atoms with Gasteiger partial charge in [0, 0.05) is 28.2 Å². The van der Waals surface area contributed by atoms with Crippen molar-refractivity contribution >= 4 is 28.6 Å². The van der Waals surface area contributed by atoms with Gasteiger partial charge >= 0.3 is 6.09 Å². The van der Waals surface area contributed by atoms with Crippen molar-refractivity contribution in [1.82, 2.24) is 9.88 Å². The van der Waals surface area contributed by atoms with Gasteiger partial charge < -0.3 is 14.5 Å². The standard InChI is InChI=1S/C28H25ClN2O3/c1-33-21-9-6-19(7-10-21)27-26-23(24-16-20(29)8-13-25(24)30-26)14-15-31(27)28(32)34-22-11-4-18(5-12-22)17-2-3-17/h4-13,16-17,27,30H,2-3,14-15H2,1H3. The van der Waals surface area contributed by atoms with Crippen molar-refractivity contribution in [1.29, 1.82) is 0 Å². The molecule has 1 aliphatic carbocycles. The third kappa shape index (κ3) is 3.80. The molecular formula is C28H25ClN2O3. The fourth-order valence-corrected chi connectivity index (χ4v) is 5.15. The van der Waals surface area contributed by atoms with Crippen LogP contribution in [0.25, 0.3) is 10.9 Å². The van der Waals surface area contributed by atoms with Crippen LogP contribution in [0.5, 0.6) is 11.5 Å². The minimum atomic E-state index is -0.359. The lowest BCUT2D eigenvalue weighted by Crippen LogP contribution is -2.42. The van der Waals surface area contributed by atoms with Gasteiger partial charge in [0.05, 0.1) is 7.11 Å². The van der Waals surface area contributed by atoms with Crippen LogP contribution >= 0.6 is 11.6 Å². The first-order valence-corrected chi connectivity index (χ1v) is 12.0. The summed E-state index contributed by atoms with van der Waals surface area (Å²) in [6, 6.07) is 21.3. The maximum Gasteiger partial charge on any atom is 0.416 e. The molecule has 34 heavy (non-hydrogen) atoms. The number of hydrogen-bond donors (Lipinski definition) is 1. The number of carbonyl (C=O) groups excluding carboxylic acids is 1. The van der Waals surface area contributed by atoms with Gasteiger partial charge in [-0.15, -0.1) is 0 Å². The van der Waals surface area contributed by atoms with Gasteiger partial charge in [-0.1, -0.05) is 35.9 Å². The van der Waals surface area contributed by atoms with Crippen LogP contribution < -0.4 is 9.47 Å². The van der Waals surface area contributed by atoms with E-state index in [1.165, 1.54) is 24.0 Å². The maximum atomic E-state index is 13.4. The lowest BCUT2D eigenvalue weighted by atomic mass is 9.92. The van der Waals surface area contributed by atoms with Gasteiger partial charge in [-0.05, 0) is 84.3 Å². The smallest absolute Gasteiger partial charge is 0.416 e. The lowest BCUT2D eigenvalue weighted by molar-refractivity contribution is 0.135. The number of methoxy groups -OCH3 is 1. The molecule has 0 saturated heterocycles. The largest absolute Gasteiger partial charge is 0.497 e. The van der Waals surface area contributed by atoms with Crippen LogP contribution in [0.1, 0.15) is 47.2 Å². The highest BCUT2D eigenvalue weighted by atomic mass is 35.5. The van der Waals surface area contributed by atoms with Crippen LogP contribution in [0, 0.1) is 0 Å². The van der Waals surface area contributed by atoms with Crippen LogP contribution in [0.4, 0.5) is 4.79 Å². The normalized spacial score (nSPS) is 17.5. The number of H-pyrrole nitrogens is 1. The molecule has 3 aromatic carbocycles. The van der Waals surface area contributed by atoms with Crippen LogP contribution in [-0.4, -0.2) is 29.6 Å². The lowest BCUT2D eigenvalue weighted by Gasteiger charge is -2.35. The van der Waals surface area contributed by atoms with E-state index in [1.807, 2.05) is 54.6 Å². The first-order valence-electron chi connectivity index (χ1n) is 11.6. The highest BCUT2D eigenvalue weighted by Gasteiger charge is 2.36. The monoisotopic (exact) mass is 472 g/mol. The Kier molecular flexibility index (Phi) is 5.22. The number of aromatic amines is 1. The fraction of sp³-hybridized carbons (Fsp3) is 0.250. The molecule has 6 heteroatoms. The van der Waals surface area contributed by atoms with E-state index in [9.17, 15) is 4.79 Å².